The second kappa shape index (κ2) is 5.37. The molecule has 0 saturated carbocycles. The number of piperazine rings is 1. The number of nitrogens with zero attached hydrogens (tertiary/aromatic N) is 2. The standard InChI is InChI=1S/C15H19FN2OS/c1-10-8-17-6-2-3-11(17)9-18(10)15(19)13-7-12(20)4-5-14(13)16/h4-5,7,10-11,20H,2-3,6,8-9H2,1H3. The van der Waals surface area contributed by atoms with Gasteiger partial charge in [0.25, 0.3) is 5.91 Å². The van der Waals surface area contributed by atoms with Crippen molar-refractivity contribution in [3.63, 3.8) is 0 Å². The van der Waals surface area contributed by atoms with E-state index in [0.717, 1.165) is 19.5 Å². The van der Waals surface area contributed by atoms with Gasteiger partial charge in [-0.05, 0) is 44.5 Å². The van der Waals surface area contributed by atoms with Crippen molar-refractivity contribution in [3.05, 3.63) is 29.6 Å². The van der Waals surface area contributed by atoms with Gasteiger partial charge < -0.3 is 4.90 Å². The summed E-state index contributed by atoms with van der Waals surface area (Å²) in [6.45, 7) is 4.75. The molecule has 0 N–H and O–H groups in total. The Labute approximate surface area is 124 Å². The fourth-order valence-electron chi connectivity index (χ4n) is 3.30. The molecule has 1 amide bonds. The molecule has 2 fully saturated rings. The van der Waals surface area contributed by atoms with Gasteiger partial charge in [0.15, 0.2) is 0 Å². The number of hydrogen-bond acceptors (Lipinski definition) is 3. The van der Waals surface area contributed by atoms with E-state index in [2.05, 4.69) is 17.5 Å². The van der Waals surface area contributed by atoms with E-state index in [4.69, 9.17) is 0 Å². The molecule has 0 radical (unpaired) electrons. The fraction of sp³-hybridized carbons (Fsp3) is 0.533. The van der Waals surface area contributed by atoms with Crippen LogP contribution in [0.2, 0.25) is 0 Å². The SMILES string of the molecule is CC1CN2CCCC2CN1C(=O)c1cc(S)ccc1F. The molecular formula is C15H19FN2OS. The van der Waals surface area contributed by atoms with Gasteiger partial charge in [-0.15, -0.1) is 12.6 Å². The van der Waals surface area contributed by atoms with E-state index >= 15 is 0 Å². The van der Waals surface area contributed by atoms with Crippen molar-refractivity contribution < 1.29 is 9.18 Å². The van der Waals surface area contributed by atoms with Crippen LogP contribution in [0.1, 0.15) is 30.1 Å². The van der Waals surface area contributed by atoms with Crippen LogP contribution in [0.5, 0.6) is 0 Å². The van der Waals surface area contributed by atoms with Gasteiger partial charge in [0.2, 0.25) is 0 Å². The Morgan fingerprint density at radius 1 is 1.40 bits per heavy atom. The second-order valence-corrected chi connectivity index (χ2v) is 6.28. The molecule has 0 bridgehead atoms. The molecule has 1 aromatic carbocycles. The predicted molar refractivity (Wildman–Crippen MR) is 78.7 cm³/mol. The Morgan fingerprint density at radius 3 is 3.00 bits per heavy atom. The fourth-order valence-corrected chi connectivity index (χ4v) is 3.51. The summed E-state index contributed by atoms with van der Waals surface area (Å²) in [5, 5.41) is 0. The summed E-state index contributed by atoms with van der Waals surface area (Å²) in [6.07, 6.45) is 2.32. The topological polar surface area (TPSA) is 23.6 Å². The number of benzene rings is 1. The zero-order valence-electron chi connectivity index (χ0n) is 11.6. The quantitative estimate of drug-likeness (QED) is 0.804. The van der Waals surface area contributed by atoms with E-state index in [-0.39, 0.29) is 17.5 Å². The first-order chi connectivity index (χ1) is 9.56. The van der Waals surface area contributed by atoms with Crippen LogP contribution in [0.15, 0.2) is 23.1 Å². The van der Waals surface area contributed by atoms with Gasteiger partial charge in [-0.2, -0.15) is 0 Å². The third-order valence-electron chi connectivity index (χ3n) is 4.38. The number of hydrogen-bond donors (Lipinski definition) is 1. The van der Waals surface area contributed by atoms with Gasteiger partial charge in [-0.1, -0.05) is 0 Å². The number of rotatable bonds is 1. The molecule has 2 aliphatic rings. The smallest absolute Gasteiger partial charge is 0.257 e. The van der Waals surface area contributed by atoms with Crippen LogP contribution in [-0.4, -0.2) is 47.4 Å². The van der Waals surface area contributed by atoms with E-state index in [0.29, 0.717) is 17.5 Å². The Balaban J connectivity index is 1.84. The summed E-state index contributed by atoms with van der Waals surface area (Å²) >= 11 is 4.20. The van der Waals surface area contributed by atoms with Gasteiger partial charge in [-0.3, -0.25) is 9.69 Å². The summed E-state index contributed by atoms with van der Waals surface area (Å²) < 4.78 is 13.9. The second-order valence-electron chi connectivity index (χ2n) is 5.76. The molecule has 2 heterocycles. The van der Waals surface area contributed by atoms with E-state index in [9.17, 15) is 9.18 Å². The average molecular weight is 294 g/mol. The molecule has 20 heavy (non-hydrogen) atoms. The number of amides is 1. The molecule has 2 atom stereocenters. The highest BCUT2D eigenvalue weighted by Gasteiger charge is 2.37. The summed E-state index contributed by atoms with van der Waals surface area (Å²) in [5.74, 6) is -0.675. The lowest BCUT2D eigenvalue weighted by Crippen LogP contribution is -2.56. The zero-order valence-corrected chi connectivity index (χ0v) is 12.4. The summed E-state index contributed by atoms with van der Waals surface area (Å²) in [4.78, 5) is 17.5. The van der Waals surface area contributed by atoms with E-state index in [1.165, 1.54) is 18.6 Å². The third-order valence-corrected chi connectivity index (χ3v) is 4.66. The van der Waals surface area contributed by atoms with Crippen molar-refractivity contribution in [3.8, 4) is 0 Å². The highest BCUT2D eigenvalue weighted by molar-refractivity contribution is 7.80. The summed E-state index contributed by atoms with van der Waals surface area (Å²) in [6, 6.07) is 4.96. The van der Waals surface area contributed by atoms with Crippen molar-refractivity contribution >= 4 is 18.5 Å². The first kappa shape index (κ1) is 13.9. The average Bonchev–Trinajstić information content (AvgIpc) is 2.87. The Hall–Kier alpha value is -1.07. The van der Waals surface area contributed by atoms with Crippen LogP contribution in [-0.2, 0) is 0 Å². The molecule has 2 saturated heterocycles. The van der Waals surface area contributed by atoms with Crippen molar-refractivity contribution in [2.75, 3.05) is 19.6 Å². The van der Waals surface area contributed by atoms with Crippen LogP contribution in [0, 0.1) is 5.82 Å². The normalized spacial score (nSPS) is 26.6. The molecule has 108 valence electrons. The highest BCUT2D eigenvalue weighted by Crippen LogP contribution is 2.26. The van der Waals surface area contributed by atoms with Crippen LogP contribution >= 0.6 is 12.6 Å². The van der Waals surface area contributed by atoms with Crippen molar-refractivity contribution in [2.45, 2.75) is 36.7 Å². The van der Waals surface area contributed by atoms with Gasteiger partial charge in [-0.25, -0.2) is 4.39 Å². The lowest BCUT2D eigenvalue weighted by molar-refractivity contribution is 0.0391. The lowest BCUT2D eigenvalue weighted by Gasteiger charge is -2.42. The van der Waals surface area contributed by atoms with Gasteiger partial charge in [0, 0.05) is 30.1 Å². The molecular weight excluding hydrogens is 275 g/mol. The van der Waals surface area contributed by atoms with Crippen LogP contribution in [0.4, 0.5) is 4.39 Å². The minimum atomic E-state index is -0.464. The molecule has 0 aliphatic carbocycles. The molecule has 0 spiro atoms. The van der Waals surface area contributed by atoms with E-state index < -0.39 is 5.82 Å². The van der Waals surface area contributed by atoms with Crippen molar-refractivity contribution in [2.24, 2.45) is 0 Å². The number of carbonyl (C=O) groups is 1. The summed E-state index contributed by atoms with van der Waals surface area (Å²) in [5.41, 5.74) is 0.135. The minimum Gasteiger partial charge on any atom is -0.333 e. The Kier molecular flexibility index (Phi) is 3.73. The molecule has 0 aromatic heterocycles. The number of halogens is 1. The number of thiol groups is 1. The number of carbonyl (C=O) groups excluding carboxylic acids is 1. The summed E-state index contributed by atoms with van der Waals surface area (Å²) in [7, 11) is 0. The van der Waals surface area contributed by atoms with E-state index in [1.54, 1.807) is 6.07 Å². The highest BCUT2D eigenvalue weighted by atomic mass is 32.1. The molecule has 3 rings (SSSR count). The van der Waals surface area contributed by atoms with Crippen LogP contribution in [0.25, 0.3) is 0 Å². The first-order valence-corrected chi connectivity index (χ1v) is 7.54. The molecule has 2 aliphatic heterocycles. The van der Waals surface area contributed by atoms with Crippen LogP contribution < -0.4 is 0 Å². The van der Waals surface area contributed by atoms with Gasteiger partial charge >= 0.3 is 0 Å². The van der Waals surface area contributed by atoms with E-state index in [1.807, 2.05) is 11.8 Å². The predicted octanol–water partition coefficient (Wildman–Crippen LogP) is 2.42. The maximum atomic E-state index is 13.9. The molecule has 3 nitrogen and oxygen atoms in total. The molecule has 2 unspecified atom stereocenters. The first-order valence-electron chi connectivity index (χ1n) is 7.10. The third kappa shape index (κ3) is 2.44. The largest absolute Gasteiger partial charge is 0.333 e. The maximum Gasteiger partial charge on any atom is 0.257 e. The maximum absolute atomic E-state index is 13.9. The van der Waals surface area contributed by atoms with Crippen LogP contribution in [0.3, 0.4) is 0 Å². The Bertz CT molecular complexity index is 537. The zero-order chi connectivity index (χ0) is 14.3. The van der Waals surface area contributed by atoms with Gasteiger partial charge in [0.1, 0.15) is 5.82 Å². The van der Waals surface area contributed by atoms with Gasteiger partial charge in [0.05, 0.1) is 5.56 Å². The molecule has 5 heteroatoms. The van der Waals surface area contributed by atoms with Crippen molar-refractivity contribution in [1.82, 2.24) is 9.80 Å². The Morgan fingerprint density at radius 2 is 2.20 bits per heavy atom. The monoisotopic (exact) mass is 294 g/mol. The van der Waals surface area contributed by atoms with Crippen molar-refractivity contribution in [1.29, 1.82) is 0 Å². The number of fused-ring (bicyclic) bond motifs is 1. The lowest BCUT2D eigenvalue weighted by atomic mass is 10.1. The minimum absolute atomic E-state index is 0.125. The molecule has 1 aromatic rings.